The number of rotatable bonds is 3. The molecule has 130 valence electrons. The molecule has 0 spiro atoms. The van der Waals surface area contributed by atoms with Crippen LogP contribution in [0.15, 0.2) is 0 Å². The highest BCUT2D eigenvalue weighted by Crippen LogP contribution is 2.44. The third-order valence-corrected chi connectivity index (χ3v) is 8.03. The molecule has 0 amide bonds. The van der Waals surface area contributed by atoms with Gasteiger partial charge in [-0.1, -0.05) is 11.3 Å². The molecule has 23 heavy (non-hydrogen) atoms. The average molecular weight is 370 g/mol. The molecule has 1 saturated carbocycles. The summed E-state index contributed by atoms with van der Waals surface area (Å²) in [6.07, 6.45) is -2.62. The van der Waals surface area contributed by atoms with Crippen molar-refractivity contribution in [3.63, 3.8) is 0 Å². The summed E-state index contributed by atoms with van der Waals surface area (Å²) in [4.78, 5) is 1.68. The first-order chi connectivity index (χ1) is 10.6. The van der Waals surface area contributed by atoms with Gasteiger partial charge in [-0.3, -0.25) is 0 Å². The van der Waals surface area contributed by atoms with Gasteiger partial charge in [0.05, 0.1) is 4.75 Å². The van der Waals surface area contributed by atoms with Crippen LogP contribution >= 0.6 is 11.3 Å². The molecule has 0 unspecified atom stereocenters. The summed E-state index contributed by atoms with van der Waals surface area (Å²) in [6, 6.07) is 0. The monoisotopic (exact) mass is 370 g/mol. The first-order valence-electron chi connectivity index (χ1n) is 7.29. The summed E-state index contributed by atoms with van der Waals surface area (Å²) >= 11 is 0.493. The molecule has 1 aliphatic carbocycles. The molecule has 0 bridgehead atoms. The van der Waals surface area contributed by atoms with Gasteiger partial charge >= 0.3 is 6.18 Å². The van der Waals surface area contributed by atoms with Crippen molar-refractivity contribution in [2.45, 2.75) is 37.1 Å². The van der Waals surface area contributed by atoms with E-state index >= 15 is 0 Å². The fraction of sp³-hybridized carbons (Fsp3) is 0.833. The van der Waals surface area contributed by atoms with E-state index in [1.807, 2.05) is 0 Å². The van der Waals surface area contributed by atoms with Crippen molar-refractivity contribution in [1.29, 1.82) is 0 Å². The zero-order valence-electron chi connectivity index (χ0n) is 12.5. The third kappa shape index (κ3) is 3.18. The topological polar surface area (TPSA) is 66.4 Å². The fourth-order valence-electron chi connectivity index (χ4n) is 2.53. The highest BCUT2D eigenvalue weighted by Gasteiger charge is 2.52. The van der Waals surface area contributed by atoms with Crippen molar-refractivity contribution >= 4 is 26.5 Å². The Hall–Kier alpha value is -0.940. The lowest BCUT2D eigenvalue weighted by molar-refractivity contribution is -0.138. The number of halogens is 3. The second-order valence-electron chi connectivity index (χ2n) is 6.08. The third-order valence-electron chi connectivity index (χ3n) is 4.30. The fourth-order valence-corrected chi connectivity index (χ4v) is 5.23. The van der Waals surface area contributed by atoms with E-state index in [2.05, 4.69) is 10.2 Å². The Balaban J connectivity index is 1.71. The Morgan fingerprint density at radius 1 is 1.13 bits per heavy atom. The van der Waals surface area contributed by atoms with Crippen molar-refractivity contribution in [2.24, 2.45) is 0 Å². The molecule has 1 aromatic rings. The lowest BCUT2D eigenvalue weighted by atomic mass is 10.4. The van der Waals surface area contributed by atoms with Crippen molar-refractivity contribution in [2.75, 3.05) is 31.1 Å². The first-order valence-corrected chi connectivity index (χ1v) is 9.54. The van der Waals surface area contributed by atoms with Gasteiger partial charge in [0.25, 0.3) is 0 Å². The molecule has 2 fully saturated rings. The van der Waals surface area contributed by atoms with E-state index in [4.69, 9.17) is 0 Å². The normalized spacial score (nSPS) is 22.9. The minimum atomic E-state index is -4.50. The van der Waals surface area contributed by atoms with Crippen molar-refractivity contribution < 1.29 is 21.6 Å². The molecule has 2 aliphatic rings. The molecule has 3 rings (SSSR count). The van der Waals surface area contributed by atoms with Gasteiger partial charge < -0.3 is 4.90 Å². The Labute approximate surface area is 136 Å². The van der Waals surface area contributed by atoms with Gasteiger partial charge in [-0.05, 0) is 26.2 Å². The van der Waals surface area contributed by atoms with Gasteiger partial charge in [-0.25, -0.2) is 8.42 Å². The Morgan fingerprint density at radius 3 is 2.39 bits per heavy atom. The molecule has 0 N–H and O–H groups in total. The number of hydrogen-bond acceptors (Lipinski definition) is 6. The van der Waals surface area contributed by atoms with Crippen LogP contribution in [-0.4, -0.2) is 53.8 Å². The van der Waals surface area contributed by atoms with E-state index in [1.54, 1.807) is 11.8 Å². The van der Waals surface area contributed by atoms with Crippen LogP contribution in [-0.2, 0) is 16.2 Å². The summed E-state index contributed by atoms with van der Waals surface area (Å²) in [6.45, 7) is 3.18. The summed E-state index contributed by atoms with van der Waals surface area (Å²) < 4.78 is 63.7. The van der Waals surface area contributed by atoms with E-state index in [0.717, 1.165) is 0 Å². The summed E-state index contributed by atoms with van der Waals surface area (Å²) in [7, 11) is -3.34. The largest absolute Gasteiger partial charge is 0.445 e. The minimum absolute atomic E-state index is 0.189. The van der Waals surface area contributed by atoms with Crippen molar-refractivity contribution in [3.05, 3.63) is 5.01 Å². The van der Waals surface area contributed by atoms with E-state index in [9.17, 15) is 21.6 Å². The maximum atomic E-state index is 12.6. The molecule has 2 heterocycles. The molecule has 1 aliphatic heterocycles. The standard InChI is InChI=1S/C12H17F3N4O2S2/c1-11(3-4-11)23(20,21)19-6-2-5-18(7-8-19)10-17-16-9(22-10)12(13,14)15/h2-8H2,1H3. The zero-order chi connectivity index (χ0) is 16.9. The number of nitrogens with zero attached hydrogens (tertiary/aromatic N) is 4. The maximum absolute atomic E-state index is 12.6. The lowest BCUT2D eigenvalue weighted by Gasteiger charge is -2.24. The molecule has 0 atom stereocenters. The minimum Gasteiger partial charge on any atom is -0.345 e. The maximum Gasteiger partial charge on any atom is 0.445 e. The second kappa shape index (κ2) is 5.55. The Kier molecular flexibility index (Phi) is 4.08. The highest BCUT2D eigenvalue weighted by atomic mass is 32.2. The smallest absolute Gasteiger partial charge is 0.345 e. The van der Waals surface area contributed by atoms with Gasteiger partial charge in [0.2, 0.25) is 20.2 Å². The van der Waals surface area contributed by atoms with Crippen LogP contribution in [0.2, 0.25) is 0 Å². The van der Waals surface area contributed by atoms with E-state index in [-0.39, 0.29) is 11.7 Å². The predicted molar refractivity (Wildman–Crippen MR) is 79.9 cm³/mol. The SMILES string of the molecule is CC1(S(=O)(=O)N2CCCN(c3nnc(C(F)(F)F)s3)CC2)CC1. The highest BCUT2D eigenvalue weighted by molar-refractivity contribution is 7.90. The number of aromatic nitrogens is 2. The molecule has 6 nitrogen and oxygen atoms in total. The molecule has 1 aromatic heterocycles. The van der Waals surface area contributed by atoms with Crippen LogP contribution in [0.1, 0.15) is 31.2 Å². The number of anilines is 1. The molecular weight excluding hydrogens is 353 g/mol. The second-order valence-corrected chi connectivity index (χ2v) is 9.49. The Morgan fingerprint density at radius 2 is 1.83 bits per heavy atom. The van der Waals surface area contributed by atoms with Crippen LogP contribution < -0.4 is 4.90 Å². The molecule has 11 heteroatoms. The van der Waals surface area contributed by atoms with Crippen molar-refractivity contribution in [3.8, 4) is 0 Å². The quantitative estimate of drug-likeness (QED) is 0.814. The summed E-state index contributed by atoms with van der Waals surface area (Å²) in [5.74, 6) is 0. The van der Waals surface area contributed by atoms with E-state index < -0.39 is 26.0 Å². The average Bonchev–Trinajstić information content (AvgIpc) is 3.10. The number of sulfonamides is 1. The number of alkyl halides is 3. The zero-order valence-corrected chi connectivity index (χ0v) is 14.1. The van der Waals surface area contributed by atoms with Crippen LogP contribution in [0.3, 0.4) is 0 Å². The molecule has 0 radical (unpaired) electrons. The van der Waals surface area contributed by atoms with Gasteiger partial charge in [-0.2, -0.15) is 17.5 Å². The number of hydrogen-bond donors (Lipinski definition) is 0. The van der Waals surface area contributed by atoms with Gasteiger partial charge in [0.1, 0.15) is 0 Å². The van der Waals surface area contributed by atoms with E-state index in [0.29, 0.717) is 50.2 Å². The van der Waals surface area contributed by atoms with Crippen LogP contribution in [0.25, 0.3) is 0 Å². The van der Waals surface area contributed by atoms with Crippen molar-refractivity contribution in [1.82, 2.24) is 14.5 Å². The molecule has 1 saturated heterocycles. The van der Waals surface area contributed by atoms with Gasteiger partial charge in [-0.15, -0.1) is 10.2 Å². The van der Waals surface area contributed by atoms with Crippen LogP contribution in [0, 0.1) is 0 Å². The van der Waals surface area contributed by atoms with Gasteiger partial charge in [0, 0.05) is 26.2 Å². The molecule has 0 aromatic carbocycles. The predicted octanol–water partition coefficient (Wildman–Crippen LogP) is 1.95. The molecular formula is C12H17F3N4O2S2. The van der Waals surface area contributed by atoms with E-state index in [1.165, 1.54) is 4.31 Å². The lowest BCUT2D eigenvalue weighted by Crippen LogP contribution is -2.41. The van der Waals surface area contributed by atoms with Crippen LogP contribution in [0.4, 0.5) is 18.3 Å². The summed E-state index contributed by atoms with van der Waals surface area (Å²) in [5.41, 5.74) is 0. The summed E-state index contributed by atoms with van der Waals surface area (Å²) in [5, 5.41) is 5.99. The van der Waals surface area contributed by atoms with Crippen LogP contribution in [0.5, 0.6) is 0 Å². The van der Waals surface area contributed by atoms with Gasteiger partial charge in [0.15, 0.2) is 0 Å². The Bertz CT molecular complexity index is 685. The first kappa shape index (κ1) is 16.9.